The molecule has 0 fully saturated rings. The standard InChI is InChI=1S/C30H32N2O6/c1-5-31-24-15-26-22(12-17(24)3)30(23-13-18(4)25(32-6-2)16-27(23)37-26)21-14-19(36-11-7-8-28(33)34)9-10-20(21)29(35)38-30/h9-10,12-16,31-32H,5-8,11H2,1-4H3,(H,33,34)/p-1. The molecule has 0 amide bonds. The first kappa shape index (κ1) is 25.4. The van der Waals surface area contributed by atoms with Crippen LogP contribution >= 0.6 is 0 Å². The van der Waals surface area contributed by atoms with Gasteiger partial charge in [0.1, 0.15) is 17.2 Å². The third-order valence-corrected chi connectivity index (χ3v) is 7.00. The fourth-order valence-corrected chi connectivity index (χ4v) is 5.26. The van der Waals surface area contributed by atoms with Crippen molar-refractivity contribution < 1.29 is 28.9 Å². The number of rotatable bonds is 9. The van der Waals surface area contributed by atoms with Gasteiger partial charge >= 0.3 is 5.97 Å². The number of carboxylic acids is 1. The molecular formula is C30H31N2O6-. The van der Waals surface area contributed by atoms with Crippen LogP contribution in [0.1, 0.15) is 64.9 Å². The van der Waals surface area contributed by atoms with Crippen molar-refractivity contribution in [2.24, 2.45) is 0 Å². The highest BCUT2D eigenvalue weighted by Crippen LogP contribution is 2.58. The van der Waals surface area contributed by atoms with Gasteiger partial charge in [0.15, 0.2) is 5.60 Å². The molecule has 2 aliphatic heterocycles. The van der Waals surface area contributed by atoms with Crippen LogP contribution in [0.4, 0.5) is 11.4 Å². The van der Waals surface area contributed by atoms with Gasteiger partial charge in [0, 0.05) is 59.3 Å². The molecule has 38 heavy (non-hydrogen) atoms. The molecule has 0 unspecified atom stereocenters. The number of carbonyl (C=O) groups is 2. The fourth-order valence-electron chi connectivity index (χ4n) is 5.26. The lowest BCUT2D eigenvalue weighted by Crippen LogP contribution is -2.33. The molecule has 2 aliphatic rings. The van der Waals surface area contributed by atoms with Crippen molar-refractivity contribution in [3.8, 4) is 17.2 Å². The maximum Gasteiger partial charge on any atom is 0.340 e. The van der Waals surface area contributed by atoms with Crippen LogP contribution < -0.4 is 25.2 Å². The average molecular weight is 516 g/mol. The summed E-state index contributed by atoms with van der Waals surface area (Å²) in [7, 11) is 0. The molecule has 0 atom stereocenters. The Morgan fingerprint density at radius 3 is 2.08 bits per heavy atom. The van der Waals surface area contributed by atoms with Crippen LogP contribution in [-0.2, 0) is 15.1 Å². The molecular weight excluding hydrogens is 484 g/mol. The first-order valence-electron chi connectivity index (χ1n) is 12.9. The number of hydrogen-bond donors (Lipinski definition) is 2. The molecule has 198 valence electrons. The Morgan fingerprint density at radius 1 is 0.921 bits per heavy atom. The van der Waals surface area contributed by atoms with Crippen LogP contribution in [0.5, 0.6) is 17.2 Å². The number of ether oxygens (including phenoxy) is 3. The number of anilines is 2. The Morgan fingerprint density at radius 2 is 1.53 bits per heavy atom. The van der Waals surface area contributed by atoms with Gasteiger partial charge in [0.25, 0.3) is 0 Å². The summed E-state index contributed by atoms with van der Waals surface area (Å²) in [5, 5.41) is 17.5. The molecule has 5 rings (SSSR count). The smallest absolute Gasteiger partial charge is 0.340 e. The highest BCUT2D eigenvalue weighted by molar-refractivity contribution is 5.97. The summed E-state index contributed by atoms with van der Waals surface area (Å²) in [5.41, 5.74) is 5.24. The van der Waals surface area contributed by atoms with Gasteiger partial charge in [-0.1, -0.05) is 0 Å². The Labute approximate surface area is 221 Å². The van der Waals surface area contributed by atoms with Crippen molar-refractivity contribution in [3.63, 3.8) is 0 Å². The molecule has 8 nitrogen and oxygen atoms in total. The fraction of sp³-hybridized carbons (Fsp3) is 0.333. The van der Waals surface area contributed by atoms with E-state index in [2.05, 4.69) is 10.6 Å². The van der Waals surface area contributed by atoms with E-state index in [0.29, 0.717) is 34.8 Å². The van der Waals surface area contributed by atoms with Gasteiger partial charge < -0.3 is 34.7 Å². The van der Waals surface area contributed by atoms with E-state index in [9.17, 15) is 14.7 Å². The number of aliphatic carboxylic acids is 1. The predicted octanol–water partition coefficient (Wildman–Crippen LogP) is 4.64. The molecule has 8 heteroatoms. The molecule has 0 bridgehead atoms. The van der Waals surface area contributed by atoms with Crippen LogP contribution in [0.3, 0.4) is 0 Å². The molecule has 2 N–H and O–H groups in total. The van der Waals surface area contributed by atoms with Crippen molar-refractivity contribution in [3.05, 3.63) is 75.8 Å². The van der Waals surface area contributed by atoms with Gasteiger partial charge in [0.05, 0.1) is 12.2 Å². The summed E-state index contributed by atoms with van der Waals surface area (Å²) in [4.78, 5) is 24.1. The van der Waals surface area contributed by atoms with E-state index in [4.69, 9.17) is 14.2 Å². The highest BCUT2D eigenvalue weighted by atomic mass is 16.6. The van der Waals surface area contributed by atoms with Crippen LogP contribution in [0.2, 0.25) is 0 Å². The van der Waals surface area contributed by atoms with Crippen molar-refractivity contribution >= 4 is 23.3 Å². The molecule has 0 radical (unpaired) electrons. The Bertz CT molecular complexity index is 1370. The largest absolute Gasteiger partial charge is 0.550 e. The molecule has 3 aromatic rings. The number of carboxylic acid groups (broad SMARTS) is 1. The average Bonchev–Trinajstić information content (AvgIpc) is 3.17. The van der Waals surface area contributed by atoms with Gasteiger partial charge in [-0.2, -0.15) is 0 Å². The number of benzene rings is 3. The van der Waals surface area contributed by atoms with Gasteiger partial charge in [-0.25, -0.2) is 4.79 Å². The second-order valence-electron chi connectivity index (χ2n) is 9.59. The number of fused-ring (bicyclic) bond motifs is 6. The second-order valence-corrected chi connectivity index (χ2v) is 9.59. The van der Waals surface area contributed by atoms with Crippen molar-refractivity contribution in [2.45, 2.75) is 46.1 Å². The zero-order chi connectivity index (χ0) is 27.0. The first-order chi connectivity index (χ1) is 18.3. The van der Waals surface area contributed by atoms with Crippen molar-refractivity contribution in [1.29, 1.82) is 0 Å². The first-order valence-corrected chi connectivity index (χ1v) is 12.9. The lowest BCUT2D eigenvalue weighted by Gasteiger charge is -2.37. The zero-order valence-electron chi connectivity index (χ0n) is 22.0. The third kappa shape index (κ3) is 4.20. The minimum atomic E-state index is -1.23. The Hall–Kier alpha value is -4.20. The predicted molar refractivity (Wildman–Crippen MR) is 142 cm³/mol. The maximum absolute atomic E-state index is 13.3. The highest BCUT2D eigenvalue weighted by Gasteiger charge is 2.54. The lowest BCUT2D eigenvalue weighted by molar-refractivity contribution is -0.305. The van der Waals surface area contributed by atoms with E-state index in [1.54, 1.807) is 12.1 Å². The molecule has 0 aliphatic carbocycles. The quantitative estimate of drug-likeness (QED) is 0.313. The number of carbonyl (C=O) groups excluding carboxylic acids is 2. The van der Waals surface area contributed by atoms with Crippen molar-refractivity contribution in [2.75, 3.05) is 30.3 Å². The van der Waals surface area contributed by atoms with Gasteiger partial charge in [0.2, 0.25) is 0 Å². The number of hydrogen-bond acceptors (Lipinski definition) is 8. The van der Waals surface area contributed by atoms with E-state index < -0.39 is 17.5 Å². The summed E-state index contributed by atoms with van der Waals surface area (Å²) >= 11 is 0. The zero-order valence-corrected chi connectivity index (χ0v) is 22.0. The second kappa shape index (κ2) is 9.93. The van der Waals surface area contributed by atoms with Crippen LogP contribution in [-0.4, -0.2) is 31.6 Å². The number of aryl methyl sites for hydroxylation is 2. The third-order valence-electron chi connectivity index (χ3n) is 7.00. The number of esters is 1. The van der Waals surface area contributed by atoms with E-state index in [1.165, 1.54) is 0 Å². The Balaban J connectivity index is 1.70. The monoisotopic (exact) mass is 515 g/mol. The minimum Gasteiger partial charge on any atom is -0.550 e. The molecule has 2 heterocycles. The molecule has 0 saturated heterocycles. The molecule has 3 aromatic carbocycles. The summed E-state index contributed by atoms with van der Waals surface area (Å²) in [6, 6.07) is 13.2. The topological polar surface area (TPSA) is 109 Å². The number of nitrogens with one attached hydrogen (secondary N) is 2. The SMILES string of the molecule is CCNc1cc2c(cc1C)C1(OC(=O)c3ccc(OCCCC(=O)[O-])cc31)c1cc(C)c(NCC)cc1O2. The summed E-state index contributed by atoms with van der Waals surface area (Å²) < 4.78 is 18.7. The van der Waals surface area contributed by atoms with E-state index >= 15 is 0 Å². The maximum atomic E-state index is 13.3. The molecule has 0 aromatic heterocycles. The lowest BCUT2D eigenvalue weighted by atomic mass is 9.76. The van der Waals surface area contributed by atoms with Gasteiger partial charge in [-0.15, -0.1) is 0 Å². The van der Waals surface area contributed by atoms with Crippen LogP contribution in [0.15, 0.2) is 42.5 Å². The summed E-state index contributed by atoms with van der Waals surface area (Å²) in [6.45, 7) is 9.80. The molecule has 0 saturated carbocycles. The molecule has 1 spiro atoms. The minimum absolute atomic E-state index is 0.0879. The van der Waals surface area contributed by atoms with Gasteiger partial charge in [-0.05, 0) is 82.0 Å². The summed E-state index contributed by atoms with van der Waals surface area (Å²) in [6.07, 6.45) is 0.230. The van der Waals surface area contributed by atoms with Gasteiger partial charge in [-0.3, -0.25) is 0 Å². The van der Waals surface area contributed by atoms with E-state index in [1.807, 2.05) is 58.0 Å². The van der Waals surface area contributed by atoms with Crippen LogP contribution in [0, 0.1) is 13.8 Å². The van der Waals surface area contributed by atoms with E-state index in [-0.39, 0.29) is 13.0 Å². The van der Waals surface area contributed by atoms with Crippen LogP contribution in [0.25, 0.3) is 0 Å². The van der Waals surface area contributed by atoms with Crippen molar-refractivity contribution in [1.82, 2.24) is 0 Å². The summed E-state index contributed by atoms with van der Waals surface area (Å²) in [5.74, 6) is 0.188. The normalized spacial score (nSPS) is 14.2. The van der Waals surface area contributed by atoms with E-state index in [0.717, 1.165) is 46.7 Å². The Kier molecular flexibility index (Phi) is 6.65.